The van der Waals surface area contributed by atoms with Gasteiger partial charge in [0.1, 0.15) is 5.82 Å². The fraction of sp³-hybridized carbons (Fsp3) is 0.125. The normalized spacial score (nSPS) is 10.0. The van der Waals surface area contributed by atoms with Gasteiger partial charge in [-0.05, 0) is 17.7 Å². The van der Waals surface area contributed by atoms with E-state index >= 15 is 0 Å². The second kappa shape index (κ2) is 3.62. The van der Waals surface area contributed by atoms with Crippen LogP contribution in [0.1, 0.15) is 5.56 Å². The first-order chi connectivity index (χ1) is 6.00. The first kappa shape index (κ1) is 9.80. The zero-order valence-corrected chi connectivity index (χ0v) is 7.31. The van der Waals surface area contributed by atoms with Crippen molar-refractivity contribution in [2.24, 2.45) is 0 Å². The van der Waals surface area contributed by atoms with Crippen LogP contribution in [0, 0.1) is 5.82 Å². The molecular weight excluding hydrogens is 197 g/mol. The molecule has 0 saturated carbocycles. The van der Waals surface area contributed by atoms with Crippen molar-refractivity contribution in [2.45, 2.75) is 6.42 Å². The lowest BCUT2D eigenvalue weighted by Crippen LogP contribution is -2.02. The second-order valence-corrected chi connectivity index (χ2v) is 2.93. The summed E-state index contributed by atoms with van der Waals surface area (Å²) >= 11 is 5.44. The molecule has 1 aromatic rings. The molecule has 0 spiro atoms. The van der Waals surface area contributed by atoms with Gasteiger partial charge in [0, 0.05) is 0 Å². The monoisotopic (exact) mass is 203 g/mol. The van der Waals surface area contributed by atoms with E-state index in [1.807, 2.05) is 0 Å². The predicted molar refractivity (Wildman–Crippen MR) is 47.2 cm³/mol. The van der Waals surface area contributed by atoms with Crippen LogP contribution in [-0.4, -0.2) is 11.1 Å². The molecule has 0 amide bonds. The molecule has 0 aromatic heterocycles. The Morgan fingerprint density at radius 2 is 2.23 bits per heavy atom. The van der Waals surface area contributed by atoms with Crippen LogP contribution in [0.25, 0.3) is 0 Å². The van der Waals surface area contributed by atoms with E-state index in [0.717, 1.165) is 6.07 Å². The molecule has 1 rings (SSSR count). The van der Waals surface area contributed by atoms with Crippen molar-refractivity contribution in [3.05, 3.63) is 28.5 Å². The lowest BCUT2D eigenvalue weighted by Gasteiger charge is -2.02. The second-order valence-electron chi connectivity index (χ2n) is 2.55. The molecule has 0 aliphatic carbocycles. The van der Waals surface area contributed by atoms with Crippen molar-refractivity contribution >= 4 is 23.3 Å². The lowest BCUT2D eigenvalue weighted by atomic mass is 10.1. The van der Waals surface area contributed by atoms with Gasteiger partial charge in [-0.15, -0.1) is 0 Å². The Bertz CT molecular complexity index is 331. The van der Waals surface area contributed by atoms with Crippen LogP contribution in [0.15, 0.2) is 12.1 Å². The van der Waals surface area contributed by atoms with Gasteiger partial charge in [0.2, 0.25) is 0 Å². The van der Waals surface area contributed by atoms with Crippen LogP contribution in [0.4, 0.5) is 10.1 Å². The van der Waals surface area contributed by atoms with Crippen molar-refractivity contribution in [1.29, 1.82) is 0 Å². The molecule has 0 aliphatic heterocycles. The number of carboxylic acids is 1. The maximum absolute atomic E-state index is 12.9. The van der Waals surface area contributed by atoms with Crippen LogP contribution in [0.5, 0.6) is 0 Å². The highest BCUT2D eigenvalue weighted by Crippen LogP contribution is 2.23. The smallest absolute Gasteiger partial charge is 0.307 e. The largest absolute Gasteiger partial charge is 0.481 e. The van der Waals surface area contributed by atoms with E-state index in [-0.39, 0.29) is 17.1 Å². The summed E-state index contributed by atoms with van der Waals surface area (Å²) in [5.41, 5.74) is 5.68. The van der Waals surface area contributed by atoms with Gasteiger partial charge < -0.3 is 10.8 Å². The Kier molecular flexibility index (Phi) is 2.72. The lowest BCUT2D eigenvalue weighted by molar-refractivity contribution is -0.136. The van der Waals surface area contributed by atoms with E-state index in [4.69, 9.17) is 22.4 Å². The minimum absolute atomic E-state index is 0.0536. The summed E-state index contributed by atoms with van der Waals surface area (Å²) < 4.78 is 12.9. The van der Waals surface area contributed by atoms with Gasteiger partial charge in [0.25, 0.3) is 0 Å². The Labute approximate surface area is 78.9 Å². The van der Waals surface area contributed by atoms with Gasteiger partial charge in [0.05, 0.1) is 17.1 Å². The summed E-state index contributed by atoms with van der Waals surface area (Å²) in [6.07, 6.45) is -0.266. The van der Waals surface area contributed by atoms with Gasteiger partial charge in [-0.1, -0.05) is 11.6 Å². The van der Waals surface area contributed by atoms with E-state index in [0.29, 0.717) is 5.56 Å². The Balaban J connectivity index is 3.06. The van der Waals surface area contributed by atoms with Crippen LogP contribution < -0.4 is 5.73 Å². The quantitative estimate of drug-likeness (QED) is 0.719. The average Bonchev–Trinajstić information content (AvgIpc) is 1.98. The molecule has 0 atom stereocenters. The molecule has 5 heteroatoms. The number of nitrogens with two attached hydrogens (primary N) is 1. The fourth-order valence-electron chi connectivity index (χ4n) is 0.945. The van der Waals surface area contributed by atoms with Crippen LogP contribution in [0.2, 0.25) is 5.02 Å². The van der Waals surface area contributed by atoms with E-state index in [1.165, 1.54) is 6.07 Å². The number of benzene rings is 1. The zero-order valence-electron chi connectivity index (χ0n) is 6.55. The van der Waals surface area contributed by atoms with Crippen molar-refractivity contribution in [3.63, 3.8) is 0 Å². The van der Waals surface area contributed by atoms with Gasteiger partial charge in [-0.2, -0.15) is 0 Å². The summed E-state index contributed by atoms with van der Waals surface area (Å²) in [6, 6.07) is 2.41. The van der Waals surface area contributed by atoms with Gasteiger partial charge >= 0.3 is 5.97 Å². The summed E-state index contributed by atoms with van der Waals surface area (Å²) in [6.45, 7) is 0. The maximum Gasteiger partial charge on any atom is 0.307 e. The Morgan fingerprint density at radius 3 is 2.69 bits per heavy atom. The molecule has 0 fully saturated rings. The summed E-state index contributed by atoms with van der Waals surface area (Å²) in [5, 5.41) is 8.25. The number of carbonyl (C=O) groups is 1. The first-order valence-electron chi connectivity index (χ1n) is 3.46. The minimum atomic E-state index is -1.04. The summed E-state index contributed by atoms with van der Waals surface area (Å²) in [7, 11) is 0. The van der Waals surface area contributed by atoms with Crippen molar-refractivity contribution in [1.82, 2.24) is 0 Å². The molecule has 0 saturated heterocycles. The highest BCUT2D eigenvalue weighted by molar-refractivity contribution is 6.33. The third kappa shape index (κ3) is 2.32. The number of nitrogen functional groups attached to an aromatic ring is 1. The molecule has 0 radical (unpaired) electrons. The van der Waals surface area contributed by atoms with Gasteiger partial charge in [-0.3, -0.25) is 4.79 Å². The third-order valence-corrected chi connectivity index (χ3v) is 1.87. The van der Waals surface area contributed by atoms with Crippen LogP contribution in [0.3, 0.4) is 0 Å². The van der Waals surface area contributed by atoms with Crippen molar-refractivity contribution in [2.75, 3.05) is 5.73 Å². The van der Waals surface area contributed by atoms with Gasteiger partial charge in [0.15, 0.2) is 0 Å². The highest BCUT2D eigenvalue weighted by Gasteiger charge is 2.08. The number of aliphatic carboxylic acids is 1. The number of carboxylic acid groups (broad SMARTS) is 1. The molecule has 13 heavy (non-hydrogen) atoms. The molecular formula is C8H7ClFNO2. The molecule has 70 valence electrons. The first-order valence-corrected chi connectivity index (χ1v) is 3.83. The standard InChI is InChI=1S/C8H7ClFNO2/c9-8-5(10)1-4(2-6(8)11)3-7(12)13/h1-2H,3,11H2,(H,12,13). The highest BCUT2D eigenvalue weighted by atomic mass is 35.5. The SMILES string of the molecule is Nc1cc(CC(=O)O)cc(F)c1Cl. The van der Waals surface area contributed by atoms with Gasteiger partial charge in [-0.25, -0.2) is 4.39 Å². The molecule has 0 bridgehead atoms. The fourth-order valence-corrected chi connectivity index (χ4v) is 1.05. The molecule has 3 nitrogen and oxygen atoms in total. The molecule has 0 aliphatic rings. The third-order valence-electron chi connectivity index (χ3n) is 1.47. The Hall–Kier alpha value is -1.29. The van der Waals surface area contributed by atoms with Crippen LogP contribution in [-0.2, 0) is 11.2 Å². The topological polar surface area (TPSA) is 63.3 Å². The summed E-state index contributed by atoms with van der Waals surface area (Å²) in [4.78, 5) is 10.3. The maximum atomic E-state index is 12.9. The number of hydrogen-bond acceptors (Lipinski definition) is 2. The van der Waals surface area contributed by atoms with E-state index in [1.54, 1.807) is 0 Å². The minimum Gasteiger partial charge on any atom is -0.481 e. The molecule has 3 N–H and O–H groups in total. The summed E-state index contributed by atoms with van der Waals surface area (Å²) in [5.74, 6) is -1.74. The zero-order chi connectivity index (χ0) is 10.0. The number of anilines is 1. The van der Waals surface area contributed by atoms with Crippen LogP contribution >= 0.6 is 11.6 Å². The number of hydrogen-bond donors (Lipinski definition) is 2. The predicted octanol–water partition coefficient (Wildman–Crippen LogP) is 1.69. The average molecular weight is 204 g/mol. The molecule has 0 heterocycles. The van der Waals surface area contributed by atoms with E-state index < -0.39 is 11.8 Å². The van der Waals surface area contributed by atoms with E-state index in [2.05, 4.69) is 0 Å². The Morgan fingerprint density at radius 1 is 1.62 bits per heavy atom. The van der Waals surface area contributed by atoms with E-state index in [9.17, 15) is 9.18 Å². The molecule has 1 aromatic carbocycles. The number of rotatable bonds is 2. The number of halogens is 2. The van der Waals surface area contributed by atoms with Crippen molar-refractivity contribution in [3.8, 4) is 0 Å². The molecule has 0 unspecified atom stereocenters. The van der Waals surface area contributed by atoms with Crippen molar-refractivity contribution < 1.29 is 14.3 Å².